The Hall–Kier alpha value is -2.97. The van der Waals surface area contributed by atoms with Gasteiger partial charge >= 0.3 is 0 Å². The molecule has 0 bridgehead atoms. The number of nitrogens with one attached hydrogen (secondary N) is 2. The van der Waals surface area contributed by atoms with Crippen LogP contribution in [-0.2, 0) is 26.2 Å². The lowest BCUT2D eigenvalue weighted by Crippen LogP contribution is -2.35. The molecule has 2 aromatic rings. The maximum atomic E-state index is 11.8. The summed E-state index contributed by atoms with van der Waals surface area (Å²) in [5.74, 6) is -0.785. The predicted molar refractivity (Wildman–Crippen MR) is 98.1 cm³/mol. The Morgan fingerprint density at radius 1 is 1.00 bits per heavy atom. The van der Waals surface area contributed by atoms with Gasteiger partial charge in [0.15, 0.2) is 0 Å². The molecule has 0 fully saturated rings. The average Bonchev–Trinajstić information content (AvgIpc) is 2.63. The Bertz CT molecular complexity index is 909. The summed E-state index contributed by atoms with van der Waals surface area (Å²) in [5, 5.41) is 10.1. The molecule has 7 nitrogen and oxygen atoms in total. The van der Waals surface area contributed by atoms with Crippen molar-refractivity contribution in [2.45, 2.75) is 11.4 Å². The van der Waals surface area contributed by atoms with Gasteiger partial charge in [-0.1, -0.05) is 42.5 Å². The SMILES string of the molecule is NS(=O)(=O)c1cccc(CNC(=O)CNC(=O)/C=C/c2ccccc2)c1. The fourth-order valence-corrected chi connectivity index (χ4v) is 2.64. The Kier molecular flexibility index (Phi) is 6.65. The van der Waals surface area contributed by atoms with Crippen molar-refractivity contribution in [1.82, 2.24) is 10.6 Å². The molecular formula is C18H19N3O4S. The molecule has 0 unspecified atom stereocenters. The molecule has 4 N–H and O–H groups in total. The molecule has 136 valence electrons. The summed E-state index contributed by atoms with van der Waals surface area (Å²) in [6, 6.07) is 15.3. The van der Waals surface area contributed by atoms with Gasteiger partial charge in [0.05, 0.1) is 11.4 Å². The molecule has 0 aliphatic heterocycles. The van der Waals surface area contributed by atoms with Gasteiger partial charge in [0.2, 0.25) is 21.8 Å². The number of benzene rings is 2. The van der Waals surface area contributed by atoms with Crippen LogP contribution in [0.4, 0.5) is 0 Å². The second kappa shape index (κ2) is 8.93. The first-order valence-electron chi connectivity index (χ1n) is 7.74. The summed E-state index contributed by atoms with van der Waals surface area (Å²) in [4.78, 5) is 23.5. The van der Waals surface area contributed by atoms with Crippen LogP contribution >= 0.6 is 0 Å². The Morgan fingerprint density at radius 2 is 1.73 bits per heavy atom. The van der Waals surface area contributed by atoms with E-state index in [0.29, 0.717) is 5.56 Å². The summed E-state index contributed by atoms with van der Waals surface area (Å²) in [5.41, 5.74) is 1.46. The maximum absolute atomic E-state index is 11.8. The molecule has 0 spiro atoms. The predicted octanol–water partition coefficient (Wildman–Crippen LogP) is 0.780. The van der Waals surface area contributed by atoms with Crippen LogP contribution in [0.25, 0.3) is 6.08 Å². The van der Waals surface area contributed by atoms with E-state index in [4.69, 9.17) is 5.14 Å². The molecule has 0 radical (unpaired) electrons. The van der Waals surface area contributed by atoms with E-state index in [-0.39, 0.29) is 23.9 Å². The highest BCUT2D eigenvalue weighted by molar-refractivity contribution is 7.89. The van der Waals surface area contributed by atoms with Crippen molar-refractivity contribution in [1.29, 1.82) is 0 Å². The largest absolute Gasteiger partial charge is 0.350 e. The zero-order valence-electron chi connectivity index (χ0n) is 13.9. The molecule has 8 heteroatoms. The number of hydrogen-bond acceptors (Lipinski definition) is 4. The van der Waals surface area contributed by atoms with Crippen molar-refractivity contribution in [3.05, 3.63) is 71.8 Å². The third kappa shape index (κ3) is 6.50. The Balaban J connectivity index is 1.79. The lowest BCUT2D eigenvalue weighted by atomic mass is 10.2. The first-order chi connectivity index (χ1) is 12.3. The zero-order chi connectivity index (χ0) is 19.0. The number of sulfonamides is 1. The Labute approximate surface area is 152 Å². The monoisotopic (exact) mass is 373 g/mol. The number of nitrogens with two attached hydrogens (primary N) is 1. The topological polar surface area (TPSA) is 118 Å². The average molecular weight is 373 g/mol. The van der Waals surface area contributed by atoms with E-state index < -0.39 is 15.9 Å². The van der Waals surface area contributed by atoms with Gasteiger partial charge < -0.3 is 10.6 Å². The number of carbonyl (C=O) groups excluding carboxylic acids is 2. The molecule has 0 heterocycles. The number of rotatable bonds is 7. The smallest absolute Gasteiger partial charge is 0.244 e. The highest BCUT2D eigenvalue weighted by Crippen LogP contribution is 2.09. The molecule has 2 aromatic carbocycles. The molecule has 0 atom stereocenters. The molecule has 2 rings (SSSR count). The highest BCUT2D eigenvalue weighted by atomic mass is 32.2. The van der Waals surface area contributed by atoms with Crippen molar-refractivity contribution in [3.8, 4) is 0 Å². The van der Waals surface area contributed by atoms with Gasteiger partial charge in [-0.3, -0.25) is 9.59 Å². The van der Waals surface area contributed by atoms with E-state index in [1.165, 1.54) is 24.3 Å². The summed E-state index contributed by atoms with van der Waals surface area (Å²) in [6.07, 6.45) is 2.99. The van der Waals surface area contributed by atoms with Gasteiger partial charge in [0.25, 0.3) is 0 Å². The number of primary sulfonamides is 1. The van der Waals surface area contributed by atoms with Crippen molar-refractivity contribution in [2.24, 2.45) is 5.14 Å². The molecule has 2 amide bonds. The van der Waals surface area contributed by atoms with Crippen molar-refractivity contribution in [2.75, 3.05) is 6.54 Å². The minimum atomic E-state index is -3.79. The standard InChI is InChI=1S/C18H19N3O4S/c19-26(24,25)16-8-4-7-15(11-16)12-20-18(23)13-21-17(22)10-9-14-5-2-1-3-6-14/h1-11H,12-13H2,(H,20,23)(H,21,22)(H2,19,24,25)/b10-9+. The van der Waals surface area contributed by atoms with Gasteiger partial charge in [-0.2, -0.15) is 0 Å². The lowest BCUT2D eigenvalue weighted by Gasteiger charge is -2.07. The summed E-state index contributed by atoms with van der Waals surface area (Å²) in [7, 11) is -3.79. The minimum absolute atomic E-state index is 0.0244. The molecule has 0 aliphatic rings. The van der Waals surface area contributed by atoms with E-state index in [2.05, 4.69) is 10.6 Å². The van der Waals surface area contributed by atoms with Gasteiger partial charge in [-0.25, -0.2) is 13.6 Å². The van der Waals surface area contributed by atoms with E-state index in [9.17, 15) is 18.0 Å². The molecular weight excluding hydrogens is 354 g/mol. The van der Waals surface area contributed by atoms with E-state index in [1.807, 2.05) is 30.3 Å². The number of carbonyl (C=O) groups is 2. The summed E-state index contributed by atoms with van der Waals surface area (Å²) >= 11 is 0. The van der Waals surface area contributed by atoms with E-state index >= 15 is 0 Å². The summed E-state index contributed by atoms with van der Waals surface area (Å²) < 4.78 is 22.6. The van der Waals surface area contributed by atoms with Crippen LogP contribution in [0.1, 0.15) is 11.1 Å². The Morgan fingerprint density at radius 3 is 2.42 bits per heavy atom. The normalized spacial score (nSPS) is 11.3. The van der Waals surface area contributed by atoms with Gasteiger partial charge in [0.1, 0.15) is 0 Å². The van der Waals surface area contributed by atoms with Crippen molar-refractivity contribution >= 4 is 27.9 Å². The number of amides is 2. The fraction of sp³-hybridized carbons (Fsp3) is 0.111. The van der Waals surface area contributed by atoms with E-state index in [0.717, 1.165) is 5.56 Å². The molecule has 0 aromatic heterocycles. The molecule has 0 aliphatic carbocycles. The number of hydrogen-bond donors (Lipinski definition) is 3. The van der Waals surface area contributed by atoms with E-state index in [1.54, 1.807) is 12.1 Å². The third-order valence-electron chi connectivity index (χ3n) is 3.37. The first-order valence-corrected chi connectivity index (χ1v) is 9.28. The lowest BCUT2D eigenvalue weighted by molar-refractivity contribution is -0.124. The van der Waals surface area contributed by atoms with Gasteiger partial charge in [-0.15, -0.1) is 0 Å². The third-order valence-corrected chi connectivity index (χ3v) is 4.28. The van der Waals surface area contributed by atoms with Crippen LogP contribution < -0.4 is 15.8 Å². The highest BCUT2D eigenvalue weighted by Gasteiger charge is 2.08. The second-order valence-electron chi connectivity index (χ2n) is 5.43. The van der Waals surface area contributed by atoms with Crippen LogP contribution in [-0.4, -0.2) is 26.8 Å². The summed E-state index contributed by atoms with van der Waals surface area (Å²) in [6.45, 7) is -0.0647. The fourth-order valence-electron chi connectivity index (χ4n) is 2.06. The van der Waals surface area contributed by atoms with Crippen LogP contribution in [0.5, 0.6) is 0 Å². The molecule has 0 saturated heterocycles. The molecule has 26 heavy (non-hydrogen) atoms. The van der Waals surface area contributed by atoms with Crippen molar-refractivity contribution < 1.29 is 18.0 Å². The molecule has 0 saturated carbocycles. The second-order valence-corrected chi connectivity index (χ2v) is 6.99. The van der Waals surface area contributed by atoms with Crippen LogP contribution in [0.3, 0.4) is 0 Å². The van der Waals surface area contributed by atoms with Crippen molar-refractivity contribution in [3.63, 3.8) is 0 Å². The first kappa shape index (κ1) is 19.4. The van der Waals surface area contributed by atoms with Crippen LogP contribution in [0.15, 0.2) is 65.6 Å². The van der Waals surface area contributed by atoms with Crippen LogP contribution in [0.2, 0.25) is 0 Å². The van der Waals surface area contributed by atoms with Gasteiger partial charge in [0, 0.05) is 12.6 Å². The maximum Gasteiger partial charge on any atom is 0.244 e. The quantitative estimate of drug-likeness (QED) is 0.622. The minimum Gasteiger partial charge on any atom is -0.350 e. The van der Waals surface area contributed by atoms with Gasteiger partial charge in [-0.05, 0) is 29.3 Å². The van der Waals surface area contributed by atoms with Crippen LogP contribution in [0, 0.1) is 0 Å². The zero-order valence-corrected chi connectivity index (χ0v) is 14.7.